The van der Waals surface area contributed by atoms with Gasteiger partial charge in [0.25, 0.3) is 5.17 Å². The first-order valence-electron chi connectivity index (χ1n) is 4.25. The van der Waals surface area contributed by atoms with Crippen LogP contribution < -0.4 is 5.73 Å². The van der Waals surface area contributed by atoms with Crippen molar-refractivity contribution < 1.29 is 12.2 Å². The summed E-state index contributed by atoms with van der Waals surface area (Å²) in [4.78, 5) is 0. The minimum atomic E-state index is -0.611. The molecule has 10 heavy (non-hydrogen) atoms. The van der Waals surface area contributed by atoms with Crippen molar-refractivity contribution in [1.82, 2.24) is 0 Å². The van der Waals surface area contributed by atoms with E-state index in [-0.39, 0.29) is 24.3 Å². The van der Waals surface area contributed by atoms with Crippen molar-refractivity contribution in [3.05, 3.63) is 0 Å². The second-order valence-electron chi connectivity index (χ2n) is 2.05. The third kappa shape index (κ3) is 1.82. The Labute approximate surface area is 68.3 Å². The topological polar surface area (TPSA) is 44.5 Å². The lowest BCUT2D eigenvalue weighted by Gasteiger charge is -2.14. The smallest absolute Gasteiger partial charge is 0.254 e. The van der Waals surface area contributed by atoms with Crippen molar-refractivity contribution >= 4 is 17.4 Å². The van der Waals surface area contributed by atoms with Crippen LogP contribution in [0.4, 0.5) is 0 Å². The number of hydrogen-bond acceptors (Lipinski definition) is 3. The van der Waals surface area contributed by atoms with Crippen LogP contribution in [0.1, 0.15) is 16.1 Å². The first-order valence-corrected chi connectivity index (χ1v) is 3.37. The number of rotatable bonds is 1. The van der Waals surface area contributed by atoms with Gasteiger partial charge in [0.1, 0.15) is 6.10 Å². The fourth-order valence-electron chi connectivity index (χ4n) is 0.787. The number of thiocarbonyl (C=S) groups is 1. The Kier molecular flexibility index (Phi) is 1.68. The summed E-state index contributed by atoms with van der Waals surface area (Å²) in [7, 11) is 0. The van der Waals surface area contributed by atoms with E-state index in [1.165, 1.54) is 0 Å². The monoisotopic (exact) mass is 164 g/mol. The van der Waals surface area contributed by atoms with Gasteiger partial charge in [-0.1, -0.05) is 0 Å². The predicted octanol–water partition coefficient (Wildman–Crippen LogP) is 0.424. The first kappa shape index (κ1) is 5.32. The van der Waals surface area contributed by atoms with E-state index in [0.29, 0.717) is 6.42 Å². The molecule has 1 fully saturated rings. The van der Waals surface area contributed by atoms with Crippen molar-refractivity contribution in [3.63, 3.8) is 0 Å². The summed E-state index contributed by atoms with van der Waals surface area (Å²) in [6, 6.07) is 0. The molecule has 1 rings (SSSR count). The minimum Gasteiger partial charge on any atom is -0.465 e. The quantitative estimate of drug-likeness (QED) is 0.571. The normalized spacial score (nSPS) is 42.2. The summed E-state index contributed by atoms with van der Waals surface area (Å²) in [5.74, 6) is 0. The molecule has 4 heteroatoms. The summed E-state index contributed by atoms with van der Waals surface area (Å²) in [5.41, 5.74) is 5.17. The zero-order valence-corrected chi connectivity index (χ0v) is 6.26. The van der Waals surface area contributed by atoms with Crippen LogP contribution in [0, 0.1) is 0 Å². The maximum Gasteiger partial charge on any atom is 0.254 e. The second kappa shape index (κ2) is 3.16. The lowest BCUT2D eigenvalue weighted by Crippen LogP contribution is -2.27. The second-order valence-corrected chi connectivity index (χ2v) is 2.45. The van der Waals surface area contributed by atoms with E-state index in [9.17, 15) is 0 Å². The number of ether oxygens (including phenoxy) is 2. The van der Waals surface area contributed by atoms with Crippen LogP contribution in [0.2, 0.25) is 0 Å². The van der Waals surface area contributed by atoms with E-state index in [4.69, 9.17) is 17.9 Å². The molecule has 3 nitrogen and oxygen atoms in total. The lowest BCUT2D eigenvalue weighted by atomic mass is 10.2. The molecular formula is C6H11NO2S. The zero-order chi connectivity index (χ0) is 9.14. The number of hydrogen-bond donors (Lipinski definition) is 1. The molecule has 0 aromatic rings. The Morgan fingerprint density at radius 2 is 3.00 bits per heavy atom. The summed E-state index contributed by atoms with van der Waals surface area (Å²) in [6.45, 7) is -0.539. The number of nitrogens with two attached hydrogens (primary N) is 1. The molecule has 0 bridgehead atoms. The van der Waals surface area contributed by atoms with Gasteiger partial charge in [-0.05, 0) is 19.1 Å². The van der Waals surface area contributed by atoms with Gasteiger partial charge in [-0.3, -0.25) is 0 Å². The molecule has 1 unspecified atom stereocenters. The molecule has 0 aliphatic carbocycles. The van der Waals surface area contributed by atoms with E-state index in [2.05, 4.69) is 12.2 Å². The highest BCUT2D eigenvalue weighted by Gasteiger charge is 2.25. The van der Waals surface area contributed by atoms with Gasteiger partial charge in [0.2, 0.25) is 0 Å². The molecule has 2 N–H and O–H groups in total. The third-order valence-corrected chi connectivity index (χ3v) is 1.38. The van der Waals surface area contributed by atoms with Gasteiger partial charge in [0, 0.05) is 7.79 Å². The predicted molar refractivity (Wildman–Crippen MR) is 41.7 cm³/mol. The molecule has 1 aliphatic heterocycles. The van der Waals surface area contributed by atoms with Crippen LogP contribution in [-0.4, -0.2) is 24.0 Å². The highest BCUT2D eigenvalue weighted by Crippen LogP contribution is 2.15. The van der Waals surface area contributed by atoms with Gasteiger partial charge in [0.05, 0.1) is 14.1 Å². The third-order valence-electron chi connectivity index (χ3n) is 1.28. The van der Waals surface area contributed by atoms with E-state index < -0.39 is 6.58 Å². The molecule has 1 aliphatic rings. The lowest BCUT2D eigenvalue weighted by molar-refractivity contribution is 0.0629. The van der Waals surface area contributed by atoms with Gasteiger partial charge < -0.3 is 15.2 Å². The highest BCUT2D eigenvalue weighted by molar-refractivity contribution is 7.80. The van der Waals surface area contributed by atoms with Crippen molar-refractivity contribution in [2.75, 3.05) is 6.58 Å². The van der Waals surface area contributed by atoms with Crippen LogP contribution in [0.5, 0.6) is 0 Å². The Hall–Kier alpha value is -0.350. The molecule has 0 saturated carbocycles. The van der Waals surface area contributed by atoms with Gasteiger partial charge in [0.15, 0.2) is 0 Å². The summed E-state index contributed by atoms with van der Waals surface area (Å²) < 4.78 is 24.5. The average molecular weight is 164 g/mol. The van der Waals surface area contributed by atoms with E-state index in [1.807, 2.05) is 0 Å². The molecule has 0 aromatic heterocycles. The summed E-state index contributed by atoms with van der Waals surface area (Å²) in [5, 5.41) is -0.0452. The van der Waals surface area contributed by atoms with Crippen molar-refractivity contribution in [2.45, 2.75) is 25.5 Å². The van der Waals surface area contributed by atoms with E-state index in [0.717, 1.165) is 0 Å². The van der Waals surface area contributed by atoms with Gasteiger partial charge in [-0.15, -0.1) is 0 Å². The fourth-order valence-corrected chi connectivity index (χ4v) is 0.910. The van der Waals surface area contributed by atoms with Crippen LogP contribution in [-0.2, 0) is 9.47 Å². The Morgan fingerprint density at radius 3 is 3.60 bits per heavy atom. The minimum absolute atomic E-state index is 0.0452. The van der Waals surface area contributed by atoms with Gasteiger partial charge >= 0.3 is 0 Å². The fraction of sp³-hybridized carbons (Fsp3) is 0.833. The molecule has 58 valence electrons. The standard InChI is InChI=1S/C6H11NO2S/c1-4-5(2-3-8-4)9-6(7)10/h4-5H,2-3H2,1H3,(H2,7,10)/t4-,5?/m1/s1/i1D,3T/t3-,4+,5?/m0. The Balaban J connectivity index is 2.46. The first-order chi connectivity index (χ1) is 5.63. The maximum absolute atomic E-state index is 7.27. The SMILES string of the molecule is [2H]C[C@H]1O[C@@H]([3H])CC1OC(N)=S. The van der Waals surface area contributed by atoms with Crippen LogP contribution in [0.15, 0.2) is 0 Å². The van der Waals surface area contributed by atoms with Crippen LogP contribution >= 0.6 is 12.2 Å². The summed E-state index contributed by atoms with van der Waals surface area (Å²) >= 11 is 4.55. The Bertz CT molecular complexity index is 181. The molecule has 1 saturated heterocycles. The maximum atomic E-state index is 7.27. The zero-order valence-electron chi connectivity index (χ0n) is 7.45. The van der Waals surface area contributed by atoms with Gasteiger partial charge in [-0.2, -0.15) is 0 Å². The largest absolute Gasteiger partial charge is 0.465 e. The average Bonchev–Trinajstić information content (AvgIpc) is 2.29. The van der Waals surface area contributed by atoms with E-state index in [1.54, 1.807) is 0 Å². The van der Waals surface area contributed by atoms with Crippen molar-refractivity contribution in [3.8, 4) is 0 Å². The Morgan fingerprint density at radius 1 is 2.20 bits per heavy atom. The van der Waals surface area contributed by atoms with Crippen LogP contribution in [0.25, 0.3) is 0 Å². The molecular weight excluding hydrogens is 150 g/mol. The van der Waals surface area contributed by atoms with E-state index >= 15 is 0 Å². The molecule has 1 heterocycles. The van der Waals surface area contributed by atoms with Crippen molar-refractivity contribution in [1.29, 1.82) is 0 Å². The van der Waals surface area contributed by atoms with Crippen LogP contribution in [0.3, 0.4) is 0 Å². The van der Waals surface area contributed by atoms with Crippen molar-refractivity contribution in [2.24, 2.45) is 5.73 Å². The molecule has 0 spiro atoms. The van der Waals surface area contributed by atoms with Gasteiger partial charge in [-0.25, -0.2) is 0 Å². The summed E-state index contributed by atoms with van der Waals surface area (Å²) in [6.07, 6.45) is -0.252. The molecule has 0 radical (unpaired) electrons. The highest BCUT2D eigenvalue weighted by atomic mass is 32.1. The molecule has 0 aromatic carbocycles. The molecule has 0 amide bonds. The molecule has 3 atom stereocenters.